The van der Waals surface area contributed by atoms with Gasteiger partial charge in [-0.15, -0.1) is 11.8 Å². The standard InChI is InChI=1S/C17H22N2S/c1-4-9-18-17-8-7-15(11-19-17)12-20-16-10-13(2)5-6-14(16)3/h5-8,10-11H,4,9,12H2,1-3H3,(H,18,19). The summed E-state index contributed by atoms with van der Waals surface area (Å²) in [6.45, 7) is 7.43. The molecule has 106 valence electrons. The molecule has 1 heterocycles. The highest BCUT2D eigenvalue weighted by Crippen LogP contribution is 2.26. The second-order valence-corrected chi connectivity index (χ2v) is 6.05. The molecule has 3 heteroatoms. The third kappa shape index (κ3) is 4.27. The molecule has 20 heavy (non-hydrogen) atoms. The van der Waals surface area contributed by atoms with E-state index in [1.54, 1.807) is 0 Å². The summed E-state index contributed by atoms with van der Waals surface area (Å²) in [6, 6.07) is 10.8. The van der Waals surface area contributed by atoms with Crippen molar-refractivity contribution in [1.82, 2.24) is 4.98 Å². The Labute approximate surface area is 126 Å². The quantitative estimate of drug-likeness (QED) is 0.771. The van der Waals surface area contributed by atoms with Gasteiger partial charge in [-0.2, -0.15) is 0 Å². The molecule has 0 aliphatic heterocycles. The van der Waals surface area contributed by atoms with Gasteiger partial charge in [-0.25, -0.2) is 4.98 Å². The van der Waals surface area contributed by atoms with Gasteiger partial charge in [0.05, 0.1) is 0 Å². The van der Waals surface area contributed by atoms with Crippen LogP contribution >= 0.6 is 11.8 Å². The van der Waals surface area contributed by atoms with Crippen molar-refractivity contribution in [2.45, 2.75) is 37.8 Å². The second-order valence-electron chi connectivity index (χ2n) is 5.04. The van der Waals surface area contributed by atoms with Crippen molar-refractivity contribution in [2.24, 2.45) is 0 Å². The predicted octanol–water partition coefficient (Wildman–Crippen LogP) is 4.81. The maximum Gasteiger partial charge on any atom is 0.125 e. The summed E-state index contributed by atoms with van der Waals surface area (Å²) >= 11 is 1.88. The zero-order valence-corrected chi connectivity index (χ0v) is 13.3. The van der Waals surface area contributed by atoms with E-state index in [1.165, 1.54) is 21.6 Å². The molecule has 0 fully saturated rings. The van der Waals surface area contributed by atoms with Crippen LogP contribution in [0.25, 0.3) is 0 Å². The van der Waals surface area contributed by atoms with Gasteiger partial charge in [0, 0.05) is 23.4 Å². The van der Waals surface area contributed by atoms with Gasteiger partial charge in [0.1, 0.15) is 5.82 Å². The summed E-state index contributed by atoms with van der Waals surface area (Å²) in [5.74, 6) is 1.93. The molecule has 2 nitrogen and oxygen atoms in total. The molecule has 0 aliphatic rings. The smallest absolute Gasteiger partial charge is 0.125 e. The molecule has 1 N–H and O–H groups in total. The molecular weight excluding hydrogens is 264 g/mol. The SMILES string of the molecule is CCCNc1ccc(CSc2cc(C)ccc2C)cn1. The van der Waals surface area contributed by atoms with E-state index < -0.39 is 0 Å². The number of anilines is 1. The molecule has 1 aromatic carbocycles. The number of aryl methyl sites for hydroxylation is 2. The molecule has 0 atom stereocenters. The number of thioether (sulfide) groups is 1. The number of hydrogen-bond acceptors (Lipinski definition) is 3. The molecule has 1 aromatic heterocycles. The lowest BCUT2D eigenvalue weighted by Gasteiger charge is -2.08. The minimum absolute atomic E-state index is 0.964. The largest absolute Gasteiger partial charge is 0.370 e. The van der Waals surface area contributed by atoms with Crippen LogP contribution < -0.4 is 5.32 Å². The molecule has 0 amide bonds. The first-order valence-electron chi connectivity index (χ1n) is 7.08. The molecule has 0 saturated heterocycles. The Bertz CT molecular complexity index is 549. The van der Waals surface area contributed by atoms with Crippen LogP contribution in [-0.2, 0) is 5.75 Å². The zero-order chi connectivity index (χ0) is 14.4. The molecule has 0 saturated carbocycles. The van der Waals surface area contributed by atoms with E-state index in [0.29, 0.717) is 0 Å². The zero-order valence-electron chi connectivity index (χ0n) is 12.4. The predicted molar refractivity (Wildman–Crippen MR) is 88.5 cm³/mol. The van der Waals surface area contributed by atoms with Crippen molar-refractivity contribution in [2.75, 3.05) is 11.9 Å². The maximum atomic E-state index is 4.44. The van der Waals surface area contributed by atoms with Crippen LogP contribution in [0.1, 0.15) is 30.0 Å². The Balaban J connectivity index is 1.95. The van der Waals surface area contributed by atoms with E-state index in [4.69, 9.17) is 0 Å². The number of rotatable bonds is 6. The van der Waals surface area contributed by atoms with Crippen LogP contribution in [0, 0.1) is 13.8 Å². The Morgan fingerprint density at radius 2 is 2.00 bits per heavy atom. The minimum atomic E-state index is 0.964. The number of hydrogen-bond donors (Lipinski definition) is 1. The fraction of sp³-hybridized carbons (Fsp3) is 0.353. The van der Waals surface area contributed by atoms with Crippen LogP contribution in [0.2, 0.25) is 0 Å². The number of pyridine rings is 1. The van der Waals surface area contributed by atoms with Gasteiger partial charge in [-0.05, 0) is 43.5 Å². The molecule has 0 bridgehead atoms. The van der Waals surface area contributed by atoms with Crippen LogP contribution in [-0.4, -0.2) is 11.5 Å². The maximum absolute atomic E-state index is 4.44. The highest BCUT2D eigenvalue weighted by molar-refractivity contribution is 7.98. The lowest BCUT2D eigenvalue weighted by Crippen LogP contribution is -2.01. The molecule has 0 aliphatic carbocycles. The fourth-order valence-electron chi connectivity index (χ4n) is 1.89. The number of nitrogens with zero attached hydrogens (tertiary/aromatic N) is 1. The topological polar surface area (TPSA) is 24.9 Å². The lowest BCUT2D eigenvalue weighted by molar-refractivity contribution is 0.968. The van der Waals surface area contributed by atoms with E-state index in [0.717, 1.165) is 24.5 Å². The number of nitrogens with one attached hydrogen (secondary N) is 1. The Kier molecular flexibility index (Phi) is 5.48. The summed E-state index contributed by atoms with van der Waals surface area (Å²) in [6.07, 6.45) is 3.09. The van der Waals surface area contributed by atoms with E-state index in [9.17, 15) is 0 Å². The molecular formula is C17H22N2S. The monoisotopic (exact) mass is 286 g/mol. The van der Waals surface area contributed by atoms with Gasteiger partial charge in [0.2, 0.25) is 0 Å². The third-order valence-corrected chi connectivity index (χ3v) is 4.35. The summed E-state index contributed by atoms with van der Waals surface area (Å²) in [4.78, 5) is 5.80. The van der Waals surface area contributed by atoms with Gasteiger partial charge in [-0.3, -0.25) is 0 Å². The fourth-order valence-corrected chi connectivity index (χ4v) is 2.95. The Morgan fingerprint density at radius 1 is 1.15 bits per heavy atom. The summed E-state index contributed by atoms with van der Waals surface area (Å²) in [7, 11) is 0. The van der Waals surface area contributed by atoms with Crippen molar-refractivity contribution < 1.29 is 0 Å². The van der Waals surface area contributed by atoms with Gasteiger partial charge < -0.3 is 5.32 Å². The minimum Gasteiger partial charge on any atom is -0.370 e. The first kappa shape index (κ1) is 14.9. The number of benzene rings is 1. The van der Waals surface area contributed by atoms with Gasteiger partial charge in [0.25, 0.3) is 0 Å². The summed E-state index contributed by atoms with van der Waals surface area (Å²) in [5, 5.41) is 3.29. The van der Waals surface area contributed by atoms with E-state index in [2.05, 4.69) is 61.4 Å². The molecule has 0 spiro atoms. The second kappa shape index (κ2) is 7.34. The third-order valence-electron chi connectivity index (χ3n) is 3.12. The first-order valence-corrected chi connectivity index (χ1v) is 8.06. The lowest BCUT2D eigenvalue weighted by atomic mass is 10.2. The van der Waals surface area contributed by atoms with Crippen molar-refractivity contribution in [3.8, 4) is 0 Å². The normalized spacial score (nSPS) is 10.6. The highest BCUT2D eigenvalue weighted by Gasteiger charge is 2.01. The van der Waals surface area contributed by atoms with Gasteiger partial charge in [-0.1, -0.05) is 30.7 Å². The average Bonchev–Trinajstić information content (AvgIpc) is 2.47. The van der Waals surface area contributed by atoms with Gasteiger partial charge in [0.15, 0.2) is 0 Å². The van der Waals surface area contributed by atoms with Crippen molar-refractivity contribution >= 4 is 17.6 Å². The van der Waals surface area contributed by atoms with Crippen LogP contribution in [0.5, 0.6) is 0 Å². The van der Waals surface area contributed by atoms with Gasteiger partial charge >= 0.3 is 0 Å². The van der Waals surface area contributed by atoms with E-state index in [1.807, 2.05) is 18.0 Å². The molecule has 2 aromatic rings. The van der Waals surface area contributed by atoms with E-state index >= 15 is 0 Å². The highest BCUT2D eigenvalue weighted by atomic mass is 32.2. The van der Waals surface area contributed by atoms with Crippen molar-refractivity contribution in [3.05, 3.63) is 53.2 Å². The first-order chi connectivity index (χ1) is 9.69. The molecule has 2 rings (SSSR count). The summed E-state index contributed by atoms with van der Waals surface area (Å²) < 4.78 is 0. The number of aromatic nitrogens is 1. The molecule has 0 radical (unpaired) electrons. The summed E-state index contributed by atoms with van der Waals surface area (Å²) in [5.41, 5.74) is 3.92. The van der Waals surface area contributed by atoms with Crippen LogP contribution in [0.15, 0.2) is 41.4 Å². The Hall–Kier alpha value is -1.48. The van der Waals surface area contributed by atoms with Crippen molar-refractivity contribution in [1.29, 1.82) is 0 Å². The molecule has 0 unspecified atom stereocenters. The van der Waals surface area contributed by atoms with Crippen LogP contribution in [0.4, 0.5) is 5.82 Å². The van der Waals surface area contributed by atoms with Crippen LogP contribution in [0.3, 0.4) is 0 Å². The van der Waals surface area contributed by atoms with E-state index in [-0.39, 0.29) is 0 Å². The average molecular weight is 286 g/mol. The Morgan fingerprint density at radius 3 is 2.70 bits per heavy atom. The van der Waals surface area contributed by atoms with Crippen molar-refractivity contribution in [3.63, 3.8) is 0 Å².